The summed E-state index contributed by atoms with van der Waals surface area (Å²) in [7, 11) is 4.41. The smallest absolute Gasteiger partial charge is 0.337 e. The van der Waals surface area contributed by atoms with Gasteiger partial charge < -0.3 is 23.4 Å². The average molecular weight is 446 g/mol. The zero-order chi connectivity index (χ0) is 23.4. The molecule has 0 amide bonds. The first-order chi connectivity index (χ1) is 16.0. The molecule has 0 aliphatic rings. The van der Waals surface area contributed by atoms with Crippen LogP contribution in [0, 0.1) is 0 Å². The van der Waals surface area contributed by atoms with Gasteiger partial charge in [-0.3, -0.25) is 4.79 Å². The highest BCUT2D eigenvalue weighted by Gasteiger charge is 2.19. The van der Waals surface area contributed by atoms with E-state index in [4.69, 9.17) is 23.4 Å². The predicted molar refractivity (Wildman–Crippen MR) is 123 cm³/mol. The van der Waals surface area contributed by atoms with Gasteiger partial charge in [-0.15, -0.1) is 0 Å². The molecule has 0 aliphatic carbocycles. The standard InChI is InChI=1S/C26H22O7/c1-29-21-13-12-18(14-22(21)30-2)24-25(23(27)19-6-4-5-7-20(19)33-24)32-15-16-8-10-17(11-9-16)26(28)31-3/h4-14H,15H2,1-3H3. The number of esters is 1. The lowest BCUT2D eigenvalue weighted by Gasteiger charge is -2.14. The predicted octanol–water partition coefficient (Wildman–Crippen LogP) is 4.84. The Labute approximate surface area is 190 Å². The third-order valence-electron chi connectivity index (χ3n) is 5.16. The van der Waals surface area contributed by atoms with Crippen LogP contribution in [0.15, 0.2) is 75.9 Å². The fourth-order valence-corrected chi connectivity index (χ4v) is 3.43. The second kappa shape index (κ2) is 9.48. The molecule has 0 atom stereocenters. The molecule has 0 bridgehead atoms. The zero-order valence-corrected chi connectivity index (χ0v) is 18.4. The van der Waals surface area contributed by atoms with Crippen LogP contribution in [0.1, 0.15) is 15.9 Å². The molecule has 7 heteroatoms. The summed E-state index contributed by atoms with van der Waals surface area (Å²) in [4.78, 5) is 24.9. The molecule has 1 heterocycles. The van der Waals surface area contributed by atoms with E-state index in [-0.39, 0.29) is 23.5 Å². The van der Waals surface area contributed by atoms with E-state index in [1.165, 1.54) is 14.2 Å². The lowest BCUT2D eigenvalue weighted by molar-refractivity contribution is 0.0600. The molecule has 0 aliphatic heterocycles. The largest absolute Gasteiger partial charge is 0.493 e. The van der Waals surface area contributed by atoms with Gasteiger partial charge in [-0.05, 0) is 48.0 Å². The molecule has 4 rings (SSSR count). The molecular formula is C26H22O7. The van der Waals surface area contributed by atoms with Gasteiger partial charge in [-0.1, -0.05) is 24.3 Å². The van der Waals surface area contributed by atoms with Crippen LogP contribution in [-0.2, 0) is 11.3 Å². The maximum Gasteiger partial charge on any atom is 0.337 e. The summed E-state index contributed by atoms with van der Waals surface area (Å²) in [6.07, 6.45) is 0. The van der Waals surface area contributed by atoms with Gasteiger partial charge in [-0.2, -0.15) is 0 Å². The summed E-state index contributed by atoms with van der Waals surface area (Å²) in [5.74, 6) is 0.991. The molecule has 4 aromatic rings. The van der Waals surface area contributed by atoms with Crippen molar-refractivity contribution in [2.24, 2.45) is 0 Å². The van der Waals surface area contributed by atoms with Crippen LogP contribution in [0.4, 0.5) is 0 Å². The highest BCUT2D eigenvalue weighted by Crippen LogP contribution is 2.36. The molecule has 0 radical (unpaired) electrons. The fraction of sp³-hybridized carbons (Fsp3) is 0.154. The van der Waals surface area contributed by atoms with Crippen molar-refractivity contribution in [2.45, 2.75) is 6.61 Å². The minimum atomic E-state index is -0.423. The van der Waals surface area contributed by atoms with Crippen molar-refractivity contribution in [1.82, 2.24) is 0 Å². The lowest BCUT2D eigenvalue weighted by Crippen LogP contribution is -2.10. The molecule has 0 unspecified atom stereocenters. The number of rotatable bonds is 7. The van der Waals surface area contributed by atoms with Crippen LogP contribution in [0.2, 0.25) is 0 Å². The van der Waals surface area contributed by atoms with E-state index in [0.29, 0.717) is 33.6 Å². The van der Waals surface area contributed by atoms with Crippen molar-refractivity contribution in [1.29, 1.82) is 0 Å². The molecular weight excluding hydrogens is 424 g/mol. The first-order valence-corrected chi connectivity index (χ1v) is 10.1. The molecule has 0 spiro atoms. The number of ether oxygens (including phenoxy) is 4. The average Bonchev–Trinajstić information content (AvgIpc) is 2.87. The van der Waals surface area contributed by atoms with Crippen molar-refractivity contribution in [3.8, 4) is 28.6 Å². The number of hydrogen-bond donors (Lipinski definition) is 0. The Morgan fingerprint density at radius 3 is 2.30 bits per heavy atom. The molecule has 0 fully saturated rings. The summed E-state index contributed by atoms with van der Waals surface area (Å²) >= 11 is 0. The Kier molecular flexibility index (Phi) is 6.31. The highest BCUT2D eigenvalue weighted by atomic mass is 16.5. The summed E-state index contributed by atoms with van der Waals surface area (Å²) in [6.45, 7) is 0.102. The third-order valence-corrected chi connectivity index (χ3v) is 5.16. The van der Waals surface area contributed by atoms with Gasteiger partial charge in [0.15, 0.2) is 17.3 Å². The Balaban J connectivity index is 1.76. The van der Waals surface area contributed by atoms with E-state index in [9.17, 15) is 9.59 Å². The van der Waals surface area contributed by atoms with E-state index in [1.807, 2.05) is 0 Å². The van der Waals surface area contributed by atoms with E-state index in [1.54, 1.807) is 73.8 Å². The van der Waals surface area contributed by atoms with E-state index in [2.05, 4.69) is 0 Å². The number of methoxy groups -OCH3 is 3. The first-order valence-electron chi connectivity index (χ1n) is 10.1. The first kappa shape index (κ1) is 22.0. The van der Waals surface area contributed by atoms with Crippen LogP contribution >= 0.6 is 0 Å². The second-order valence-corrected chi connectivity index (χ2v) is 7.13. The molecule has 7 nitrogen and oxygen atoms in total. The van der Waals surface area contributed by atoms with Crippen molar-refractivity contribution >= 4 is 16.9 Å². The van der Waals surface area contributed by atoms with Crippen LogP contribution < -0.4 is 19.6 Å². The number of fused-ring (bicyclic) bond motifs is 1. The Morgan fingerprint density at radius 1 is 0.879 bits per heavy atom. The van der Waals surface area contributed by atoms with Crippen molar-refractivity contribution in [3.63, 3.8) is 0 Å². The summed E-state index contributed by atoms with van der Waals surface area (Å²) in [5, 5.41) is 0.415. The minimum absolute atomic E-state index is 0.0814. The maximum atomic E-state index is 13.3. The molecule has 0 N–H and O–H groups in total. The highest BCUT2D eigenvalue weighted by molar-refractivity contribution is 5.89. The number of para-hydroxylation sites is 1. The van der Waals surface area contributed by atoms with Crippen molar-refractivity contribution in [2.75, 3.05) is 21.3 Å². The zero-order valence-electron chi connectivity index (χ0n) is 18.4. The van der Waals surface area contributed by atoms with Gasteiger partial charge in [0, 0.05) is 5.56 Å². The Hall–Kier alpha value is -4.26. The molecule has 33 heavy (non-hydrogen) atoms. The van der Waals surface area contributed by atoms with E-state index < -0.39 is 5.97 Å². The maximum absolute atomic E-state index is 13.3. The van der Waals surface area contributed by atoms with Crippen LogP contribution in [-0.4, -0.2) is 27.3 Å². The van der Waals surface area contributed by atoms with E-state index in [0.717, 1.165) is 5.56 Å². The van der Waals surface area contributed by atoms with Crippen LogP contribution in [0.5, 0.6) is 17.2 Å². The van der Waals surface area contributed by atoms with Gasteiger partial charge in [-0.25, -0.2) is 4.79 Å². The SMILES string of the molecule is COC(=O)c1ccc(COc2c(-c3ccc(OC)c(OC)c3)oc3ccccc3c2=O)cc1. The minimum Gasteiger partial charge on any atom is -0.493 e. The van der Waals surface area contributed by atoms with Gasteiger partial charge in [0.25, 0.3) is 0 Å². The number of hydrogen-bond acceptors (Lipinski definition) is 7. The molecule has 3 aromatic carbocycles. The van der Waals surface area contributed by atoms with Crippen molar-refractivity contribution in [3.05, 3.63) is 88.1 Å². The Morgan fingerprint density at radius 2 is 1.61 bits per heavy atom. The monoisotopic (exact) mass is 446 g/mol. The van der Waals surface area contributed by atoms with Gasteiger partial charge in [0.1, 0.15) is 12.2 Å². The van der Waals surface area contributed by atoms with Crippen LogP contribution in [0.25, 0.3) is 22.3 Å². The summed E-state index contributed by atoms with van der Waals surface area (Å²) in [6, 6.07) is 19.0. The number of carbonyl (C=O) groups excluding carboxylic acids is 1. The second-order valence-electron chi connectivity index (χ2n) is 7.13. The van der Waals surface area contributed by atoms with Gasteiger partial charge >= 0.3 is 5.97 Å². The molecule has 0 saturated carbocycles. The lowest BCUT2D eigenvalue weighted by atomic mass is 10.1. The van der Waals surface area contributed by atoms with E-state index >= 15 is 0 Å². The van der Waals surface area contributed by atoms with Gasteiger partial charge in [0.2, 0.25) is 11.2 Å². The normalized spacial score (nSPS) is 10.6. The third kappa shape index (κ3) is 4.39. The summed E-state index contributed by atoms with van der Waals surface area (Å²) in [5.41, 5.74) is 1.97. The van der Waals surface area contributed by atoms with Crippen molar-refractivity contribution < 1.29 is 28.2 Å². The molecule has 168 valence electrons. The summed E-state index contributed by atoms with van der Waals surface area (Å²) < 4.78 is 27.5. The van der Waals surface area contributed by atoms with Crippen LogP contribution in [0.3, 0.4) is 0 Å². The molecule has 1 aromatic heterocycles. The van der Waals surface area contributed by atoms with Gasteiger partial charge in [0.05, 0.1) is 32.3 Å². The number of benzene rings is 3. The fourth-order valence-electron chi connectivity index (χ4n) is 3.43. The quantitative estimate of drug-likeness (QED) is 0.376. The topological polar surface area (TPSA) is 84.2 Å². The number of carbonyl (C=O) groups is 1. The Bertz CT molecular complexity index is 1350. The molecule has 0 saturated heterocycles.